The number of carbonyl (C=O) groups excluding carboxylic acids is 2. The van der Waals surface area contributed by atoms with E-state index in [0.29, 0.717) is 25.4 Å². The number of alkyl carbamates (subject to hydrolysis) is 1. The number of aromatic nitrogens is 2. The van der Waals surface area contributed by atoms with Crippen LogP contribution in [0.15, 0.2) is 42.9 Å². The van der Waals surface area contributed by atoms with Gasteiger partial charge in [0.15, 0.2) is 0 Å². The van der Waals surface area contributed by atoms with Gasteiger partial charge < -0.3 is 19.5 Å². The molecule has 0 aliphatic heterocycles. The van der Waals surface area contributed by atoms with E-state index < -0.39 is 17.7 Å². The molecule has 1 N–H and O–H groups in total. The van der Waals surface area contributed by atoms with E-state index in [1.54, 1.807) is 39.0 Å². The Hall–Kier alpha value is -2.83. The summed E-state index contributed by atoms with van der Waals surface area (Å²) in [6.45, 7) is 10.9. The number of imidazole rings is 1. The Labute approximate surface area is 185 Å². The van der Waals surface area contributed by atoms with Gasteiger partial charge in [-0.3, -0.25) is 4.79 Å². The predicted molar refractivity (Wildman–Crippen MR) is 122 cm³/mol. The zero-order valence-electron chi connectivity index (χ0n) is 19.6. The van der Waals surface area contributed by atoms with Crippen molar-refractivity contribution in [2.45, 2.75) is 65.6 Å². The van der Waals surface area contributed by atoms with Gasteiger partial charge in [-0.15, -0.1) is 0 Å². The van der Waals surface area contributed by atoms with Gasteiger partial charge in [0.25, 0.3) is 0 Å². The summed E-state index contributed by atoms with van der Waals surface area (Å²) in [4.78, 5) is 31.6. The van der Waals surface area contributed by atoms with Gasteiger partial charge in [0.05, 0.1) is 12.0 Å². The molecule has 0 aliphatic rings. The van der Waals surface area contributed by atoms with E-state index in [0.717, 1.165) is 12.1 Å². The van der Waals surface area contributed by atoms with E-state index in [9.17, 15) is 9.59 Å². The summed E-state index contributed by atoms with van der Waals surface area (Å²) in [7, 11) is 1.77. The molecule has 7 nitrogen and oxygen atoms in total. The molecule has 2 amide bonds. The predicted octanol–water partition coefficient (Wildman–Crippen LogP) is 3.87. The Morgan fingerprint density at radius 1 is 1.19 bits per heavy atom. The van der Waals surface area contributed by atoms with Crippen molar-refractivity contribution in [3.05, 3.63) is 54.1 Å². The lowest BCUT2D eigenvalue weighted by atomic mass is 10.1. The van der Waals surface area contributed by atoms with Crippen LogP contribution in [-0.4, -0.2) is 51.7 Å². The fourth-order valence-electron chi connectivity index (χ4n) is 3.08. The molecule has 0 aliphatic carbocycles. The Morgan fingerprint density at radius 3 is 2.48 bits per heavy atom. The molecular formula is C24H36N4O3. The second kappa shape index (κ2) is 11.0. The first-order chi connectivity index (χ1) is 14.5. The highest BCUT2D eigenvalue weighted by Gasteiger charge is 2.27. The number of hydrogen-bond acceptors (Lipinski definition) is 4. The molecule has 2 aromatic rings. The molecule has 1 heterocycles. The van der Waals surface area contributed by atoms with E-state index in [4.69, 9.17) is 4.74 Å². The smallest absolute Gasteiger partial charge is 0.408 e. The molecule has 0 fully saturated rings. The monoisotopic (exact) mass is 428 g/mol. The second-order valence-corrected chi connectivity index (χ2v) is 9.37. The Morgan fingerprint density at radius 2 is 1.87 bits per heavy atom. The average Bonchev–Trinajstić information content (AvgIpc) is 3.11. The summed E-state index contributed by atoms with van der Waals surface area (Å²) in [6.07, 6.45) is 4.25. The fraction of sp³-hybridized carbons (Fsp3) is 0.542. The number of nitrogens with one attached hydrogen (secondary N) is 1. The summed E-state index contributed by atoms with van der Waals surface area (Å²) >= 11 is 0. The molecular weight excluding hydrogens is 392 g/mol. The van der Waals surface area contributed by atoms with Crippen LogP contribution in [0.2, 0.25) is 0 Å². The Bertz CT molecular complexity index is 840. The van der Waals surface area contributed by atoms with Crippen LogP contribution in [0.1, 0.15) is 52.3 Å². The van der Waals surface area contributed by atoms with Gasteiger partial charge in [0.1, 0.15) is 11.6 Å². The number of likely N-dealkylation sites (N-methyl/N-ethyl adjacent to an activating group) is 1. The summed E-state index contributed by atoms with van der Waals surface area (Å²) in [5.74, 6) is 0.338. The number of benzene rings is 1. The van der Waals surface area contributed by atoms with E-state index in [2.05, 4.69) is 36.3 Å². The standard InChI is InChI=1S/C24H36N4O3/c1-18(2)12-13-27(6)22(29)21(26-23(30)31-24(3,4)5)14-20-16-28(17-25-20)15-19-10-8-7-9-11-19/h7-11,16-18,21H,12-15H2,1-6H3,(H,26,30)/t21-/m0/s1. The third-order valence-corrected chi connectivity index (χ3v) is 4.72. The highest BCUT2D eigenvalue weighted by molar-refractivity contribution is 5.85. The minimum absolute atomic E-state index is 0.149. The van der Waals surface area contributed by atoms with Crippen molar-refractivity contribution in [2.24, 2.45) is 5.92 Å². The molecule has 0 saturated heterocycles. The highest BCUT2D eigenvalue weighted by atomic mass is 16.6. The zero-order chi connectivity index (χ0) is 23.0. The maximum atomic E-state index is 13.1. The molecule has 31 heavy (non-hydrogen) atoms. The number of amides is 2. The van der Waals surface area contributed by atoms with Crippen LogP contribution >= 0.6 is 0 Å². The van der Waals surface area contributed by atoms with Crippen molar-refractivity contribution in [1.29, 1.82) is 0 Å². The quantitative estimate of drug-likeness (QED) is 0.658. The molecule has 0 saturated carbocycles. The summed E-state index contributed by atoms with van der Waals surface area (Å²) in [6, 6.07) is 9.35. The number of carbonyl (C=O) groups is 2. The lowest BCUT2D eigenvalue weighted by Crippen LogP contribution is -2.50. The summed E-state index contributed by atoms with van der Waals surface area (Å²) < 4.78 is 7.35. The second-order valence-electron chi connectivity index (χ2n) is 9.37. The molecule has 0 unspecified atom stereocenters. The third kappa shape index (κ3) is 8.82. The maximum Gasteiger partial charge on any atom is 0.408 e. The highest BCUT2D eigenvalue weighted by Crippen LogP contribution is 2.11. The minimum Gasteiger partial charge on any atom is -0.444 e. The van der Waals surface area contributed by atoms with Crippen LogP contribution in [-0.2, 0) is 22.5 Å². The number of rotatable bonds is 9. The van der Waals surface area contributed by atoms with E-state index >= 15 is 0 Å². The van der Waals surface area contributed by atoms with E-state index in [1.165, 1.54) is 5.56 Å². The summed E-state index contributed by atoms with van der Waals surface area (Å²) in [5.41, 5.74) is 1.26. The van der Waals surface area contributed by atoms with E-state index in [1.807, 2.05) is 29.0 Å². The number of ether oxygens (including phenoxy) is 1. The van der Waals surface area contributed by atoms with Gasteiger partial charge in [-0.2, -0.15) is 0 Å². The van der Waals surface area contributed by atoms with Crippen LogP contribution in [0.25, 0.3) is 0 Å². The first-order valence-corrected chi connectivity index (χ1v) is 10.8. The first-order valence-electron chi connectivity index (χ1n) is 10.8. The van der Waals surface area contributed by atoms with Crippen molar-refractivity contribution < 1.29 is 14.3 Å². The maximum absolute atomic E-state index is 13.1. The van der Waals surface area contributed by atoms with Crippen molar-refractivity contribution >= 4 is 12.0 Å². The zero-order valence-corrected chi connectivity index (χ0v) is 19.6. The number of nitrogens with zero attached hydrogens (tertiary/aromatic N) is 3. The summed E-state index contributed by atoms with van der Waals surface area (Å²) in [5, 5.41) is 2.75. The Balaban J connectivity index is 2.10. The van der Waals surface area contributed by atoms with Gasteiger partial charge in [0.2, 0.25) is 5.91 Å². The minimum atomic E-state index is -0.743. The molecule has 0 bridgehead atoms. The third-order valence-electron chi connectivity index (χ3n) is 4.72. The molecule has 2 rings (SSSR count). The topological polar surface area (TPSA) is 76.5 Å². The van der Waals surface area contributed by atoms with Gasteiger partial charge in [-0.1, -0.05) is 44.2 Å². The molecule has 1 aromatic heterocycles. The van der Waals surface area contributed by atoms with Crippen molar-refractivity contribution in [2.75, 3.05) is 13.6 Å². The fourth-order valence-corrected chi connectivity index (χ4v) is 3.08. The van der Waals surface area contributed by atoms with Gasteiger partial charge in [-0.05, 0) is 38.7 Å². The SMILES string of the molecule is CC(C)CCN(C)C(=O)[C@H](Cc1cn(Cc2ccccc2)cn1)NC(=O)OC(C)(C)C. The van der Waals surface area contributed by atoms with Crippen LogP contribution < -0.4 is 5.32 Å². The van der Waals surface area contributed by atoms with Crippen LogP contribution in [0.4, 0.5) is 4.79 Å². The number of hydrogen-bond donors (Lipinski definition) is 1. The average molecular weight is 429 g/mol. The Kier molecular flexibility index (Phi) is 8.65. The van der Waals surface area contributed by atoms with Gasteiger partial charge in [-0.25, -0.2) is 9.78 Å². The van der Waals surface area contributed by atoms with Crippen molar-refractivity contribution in [1.82, 2.24) is 19.8 Å². The normalized spacial score (nSPS) is 12.5. The first kappa shape index (κ1) is 24.4. The van der Waals surface area contributed by atoms with Crippen LogP contribution in [0.5, 0.6) is 0 Å². The lowest BCUT2D eigenvalue weighted by Gasteiger charge is -2.26. The molecule has 7 heteroatoms. The molecule has 170 valence electrons. The lowest BCUT2D eigenvalue weighted by molar-refractivity contribution is -0.132. The van der Waals surface area contributed by atoms with E-state index in [-0.39, 0.29) is 5.91 Å². The molecule has 1 atom stereocenters. The van der Waals surface area contributed by atoms with Crippen molar-refractivity contribution in [3.8, 4) is 0 Å². The van der Waals surface area contributed by atoms with Gasteiger partial charge >= 0.3 is 6.09 Å². The van der Waals surface area contributed by atoms with Crippen LogP contribution in [0, 0.1) is 5.92 Å². The molecule has 0 spiro atoms. The van der Waals surface area contributed by atoms with Gasteiger partial charge in [0, 0.05) is 32.8 Å². The van der Waals surface area contributed by atoms with Crippen molar-refractivity contribution in [3.63, 3.8) is 0 Å². The molecule has 1 aromatic carbocycles. The molecule has 0 radical (unpaired) electrons. The van der Waals surface area contributed by atoms with Crippen LogP contribution in [0.3, 0.4) is 0 Å². The largest absolute Gasteiger partial charge is 0.444 e.